The lowest BCUT2D eigenvalue weighted by atomic mass is 9.73. The van der Waals surface area contributed by atoms with E-state index < -0.39 is 0 Å². The summed E-state index contributed by atoms with van der Waals surface area (Å²) in [6.45, 7) is 33.4. The van der Waals surface area contributed by atoms with E-state index in [2.05, 4.69) is 104 Å². The molecule has 12 heteroatoms. The molecule has 3 rings (SSSR count). The highest BCUT2D eigenvalue weighted by Crippen LogP contribution is 2.44. The van der Waals surface area contributed by atoms with E-state index in [0.717, 1.165) is 116 Å². The van der Waals surface area contributed by atoms with Gasteiger partial charge in [-0.15, -0.1) is 0 Å². The Hall–Kier alpha value is -1.83. The molecule has 0 saturated carbocycles. The average molecular weight is 946 g/mol. The van der Waals surface area contributed by atoms with Crippen LogP contribution in [0.3, 0.4) is 0 Å². The van der Waals surface area contributed by atoms with Gasteiger partial charge in [0.25, 0.3) is 0 Å². The highest BCUT2D eigenvalue weighted by molar-refractivity contribution is 5.43. The van der Waals surface area contributed by atoms with Crippen molar-refractivity contribution in [1.29, 1.82) is 0 Å². The minimum atomic E-state index is 0.0114. The fourth-order valence-electron chi connectivity index (χ4n) is 11.3. The zero-order chi connectivity index (χ0) is 49.0. The van der Waals surface area contributed by atoms with Crippen LogP contribution in [0, 0.1) is 11.8 Å². The molecule has 1 aromatic heterocycles. The van der Waals surface area contributed by atoms with Crippen LogP contribution in [-0.4, -0.2) is 100 Å². The molecule has 2 N–H and O–H groups in total. The summed E-state index contributed by atoms with van der Waals surface area (Å²) >= 11 is 0. The number of nitrogens with one attached hydrogen (secondary N) is 2. The highest BCUT2D eigenvalue weighted by atomic mass is 16.7. The van der Waals surface area contributed by atoms with Crippen LogP contribution in [0.2, 0.25) is 0 Å². The quantitative estimate of drug-likeness (QED) is 0.0484. The van der Waals surface area contributed by atoms with Crippen molar-refractivity contribution >= 4 is 17.8 Å². The molecule has 0 atom stereocenters. The normalized spacial score (nSPS) is 18.7. The van der Waals surface area contributed by atoms with Crippen molar-refractivity contribution < 1.29 is 19.1 Å². The number of ether oxygens (including phenoxy) is 2. The van der Waals surface area contributed by atoms with Gasteiger partial charge in [0.1, 0.15) is 13.5 Å². The van der Waals surface area contributed by atoms with E-state index in [0.29, 0.717) is 56.4 Å². The summed E-state index contributed by atoms with van der Waals surface area (Å²) in [5.41, 5.74) is 0.0455. The van der Waals surface area contributed by atoms with Gasteiger partial charge in [-0.1, -0.05) is 130 Å². The van der Waals surface area contributed by atoms with Gasteiger partial charge in [-0.2, -0.15) is 25.1 Å². The molecule has 0 radical (unpaired) electrons. The van der Waals surface area contributed by atoms with Gasteiger partial charge in [-0.25, -0.2) is 0 Å². The van der Waals surface area contributed by atoms with Crippen LogP contribution in [0.15, 0.2) is 0 Å². The number of rotatable bonds is 39. The van der Waals surface area contributed by atoms with Gasteiger partial charge in [0.2, 0.25) is 17.8 Å². The van der Waals surface area contributed by atoms with Gasteiger partial charge in [-0.05, 0) is 131 Å². The smallest absolute Gasteiger partial charge is 0.235 e. The lowest BCUT2D eigenvalue weighted by molar-refractivity contribution is -0.288. The van der Waals surface area contributed by atoms with Crippen molar-refractivity contribution in [2.75, 3.05) is 68.5 Å². The summed E-state index contributed by atoms with van der Waals surface area (Å²) in [6.07, 6.45) is 31.2. The van der Waals surface area contributed by atoms with Gasteiger partial charge in [-0.3, -0.25) is 14.6 Å². The van der Waals surface area contributed by atoms with Gasteiger partial charge < -0.3 is 20.1 Å². The molecule has 2 fully saturated rings. The first kappa shape index (κ1) is 59.5. The monoisotopic (exact) mass is 945 g/mol. The van der Waals surface area contributed by atoms with Crippen molar-refractivity contribution in [3.63, 3.8) is 0 Å². The Balaban J connectivity index is 1.56. The molecule has 0 bridgehead atoms. The molecule has 0 aromatic carbocycles. The van der Waals surface area contributed by atoms with Gasteiger partial charge in [0.15, 0.2) is 0 Å². The van der Waals surface area contributed by atoms with E-state index >= 15 is 0 Å². The summed E-state index contributed by atoms with van der Waals surface area (Å²) in [7, 11) is 0. The molecule has 2 saturated heterocycles. The molecule has 1 aromatic rings. The third kappa shape index (κ3) is 22.9. The molecule has 3 heterocycles. The van der Waals surface area contributed by atoms with Crippen LogP contribution in [0.25, 0.3) is 0 Å². The molecule has 0 unspecified atom stereocenters. The van der Waals surface area contributed by atoms with Crippen molar-refractivity contribution in [1.82, 2.24) is 25.1 Å². The van der Waals surface area contributed by atoms with Crippen LogP contribution < -0.4 is 15.5 Å². The molecular weight excluding hydrogens is 837 g/mol. The number of unbranched alkanes of at least 4 members (excludes halogenated alkanes) is 14. The minimum absolute atomic E-state index is 0.0114. The predicted octanol–water partition coefficient (Wildman–Crippen LogP) is 14.5. The summed E-state index contributed by atoms with van der Waals surface area (Å²) in [4.78, 5) is 29.9. The first-order valence-corrected chi connectivity index (χ1v) is 28.1. The Bertz CT molecular complexity index is 1280. The largest absolute Gasteiger partial charge is 0.361 e. The molecule has 0 spiro atoms. The van der Waals surface area contributed by atoms with E-state index in [1.165, 1.54) is 77.0 Å². The molecule has 0 aliphatic carbocycles. The zero-order valence-corrected chi connectivity index (χ0v) is 46.0. The van der Waals surface area contributed by atoms with Crippen LogP contribution in [0.5, 0.6) is 0 Å². The molecule has 12 nitrogen and oxygen atoms in total. The maximum atomic E-state index is 6.54. The van der Waals surface area contributed by atoms with E-state index in [1.54, 1.807) is 0 Å². The minimum Gasteiger partial charge on any atom is -0.361 e. The van der Waals surface area contributed by atoms with Crippen molar-refractivity contribution in [3.05, 3.63) is 0 Å². The lowest BCUT2D eigenvalue weighted by Gasteiger charge is -2.54. The van der Waals surface area contributed by atoms with Crippen molar-refractivity contribution in [2.45, 2.75) is 272 Å². The summed E-state index contributed by atoms with van der Waals surface area (Å²) < 4.78 is 12.2. The standard InChI is InChI=1S/C55H108N8O4/c1-13-17-21-23-25-31-39-66-62-52(5,6)41-47(42-53(62,7)8)33-27-29-35-56-49-58-50(60-51(59-49)61(45-64-37-19-15-3)46-65-38-20-16-4)57-36-30-28-34-48-43-54(9,10)63(55(11,12)44-48)67-40-32-26-24-22-18-14-2/h47-48H,13-46H2,1-12H3,(H2,56,57,58,59,60). The van der Waals surface area contributed by atoms with Crippen molar-refractivity contribution in [2.24, 2.45) is 11.8 Å². The molecule has 392 valence electrons. The first-order valence-electron chi connectivity index (χ1n) is 28.1. The van der Waals surface area contributed by atoms with E-state index in [-0.39, 0.29) is 22.2 Å². The number of hydrogen-bond donors (Lipinski definition) is 2. The van der Waals surface area contributed by atoms with Gasteiger partial charge >= 0.3 is 0 Å². The van der Waals surface area contributed by atoms with Crippen molar-refractivity contribution in [3.8, 4) is 0 Å². The van der Waals surface area contributed by atoms with Crippen LogP contribution in [0.1, 0.15) is 250 Å². The third-order valence-corrected chi connectivity index (χ3v) is 14.1. The summed E-state index contributed by atoms with van der Waals surface area (Å²) in [5, 5.41) is 11.9. The molecule has 67 heavy (non-hydrogen) atoms. The number of anilines is 3. The molecule has 2 aliphatic heterocycles. The zero-order valence-electron chi connectivity index (χ0n) is 46.0. The SMILES string of the molecule is CCCCCCCCON1C(C)(C)CC(CCCCNc2nc(NCCCCC3CC(C)(C)N(OCCCCCCCC)C(C)(C)C3)nc(N(COCCCC)COCCCC)n2)CC1(C)C. The summed E-state index contributed by atoms with van der Waals surface area (Å²) in [6, 6.07) is 0. The number of nitrogens with zero attached hydrogens (tertiary/aromatic N) is 6. The second-order valence-corrected chi connectivity index (χ2v) is 23.0. The Kier molecular flexibility index (Phi) is 28.6. The van der Waals surface area contributed by atoms with E-state index in [9.17, 15) is 0 Å². The van der Waals surface area contributed by atoms with Gasteiger partial charge in [0.05, 0.1) is 13.2 Å². The second kappa shape index (κ2) is 32.2. The highest BCUT2D eigenvalue weighted by Gasteiger charge is 2.47. The maximum absolute atomic E-state index is 6.54. The molecule has 0 amide bonds. The third-order valence-electron chi connectivity index (χ3n) is 14.1. The first-order chi connectivity index (χ1) is 32.1. The predicted molar refractivity (Wildman–Crippen MR) is 283 cm³/mol. The van der Waals surface area contributed by atoms with E-state index in [4.69, 9.17) is 34.1 Å². The van der Waals surface area contributed by atoms with E-state index in [1.807, 2.05) is 4.90 Å². The molecular formula is C55H108N8O4. The average Bonchev–Trinajstić information content (AvgIpc) is 3.25. The van der Waals surface area contributed by atoms with Crippen LogP contribution >= 0.6 is 0 Å². The maximum Gasteiger partial charge on any atom is 0.235 e. The van der Waals surface area contributed by atoms with Crippen LogP contribution in [0.4, 0.5) is 17.8 Å². The Morgan fingerprint density at radius 2 is 0.806 bits per heavy atom. The van der Waals surface area contributed by atoms with Crippen LogP contribution in [-0.2, 0) is 19.1 Å². The summed E-state index contributed by atoms with van der Waals surface area (Å²) in [5.74, 6) is 3.14. The Morgan fingerprint density at radius 3 is 1.18 bits per heavy atom. The Morgan fingerprint density at radius 1 is 0.448 bits per heavy atom. The Labute approximate surface area is 413 Å². The second-order valence-electron chi connectivity index (χ2n) is 23.0. The number of aromatic nitrogens is 3. The number of piperidine rings is 2. The molecule has 2 aliphatic rings. The number of hydroxylamine groups is 4. The lowest BCUT2D eigenvalue weighted by Crippen LogP contribution is -2.60. The number of hydrogen-bond acceptors (Lipinski definition) is 12. The topological polar surface area (TPSA) is 109 Å². The fourth-order valence-corrected chi connectivity index (χ4v) is 11.3. The fraction of sp³-hybridized carbons (Fsp3) is 0.945. The van der Waals surface area contributed by atoms with Gasteiger partial charge in [0, 0.05) is 48.5 Å².